The SMILES string of the molecule is CCCn1c(=O)sc2cc(S(=O)(=O)N3CCN(C(=O)c4ccc(C)cc4C)CC3)ccc21. The highest BCUT2D eigenvalue weighted by Gasteiger charge is 2.31. The molecule has 0 radical (unpaired) electrons. The molecule has 1 fully saturated rings. The maximum absolute atomic E-state index is 13.2. The van der Waals surface area contributed by atoms with Gasteiger partial charge in [-0.2, -0.15) is 4.31 Å². The van der Waals surface area contributed by atoms with Crippen LogP contribution in [-0.4, -0.2) is 54.3 Å². The van der Waals surface area contributed by atoms with Crippen LogP contribution in [0.15, 0.2) is 46.1 Å². The van der Waals surface area contributed by atoms with Gasteiger partial charge in [0.15, 0.2) is 0 Å². The number of hydrogen-bond donors (Lipinski definition) is 0. The van der Waals surface area contributed by atoms with E-state index in [1.165, 1.54) is 4.31 Å². The van der Waals surface area contributed by atoms with Crippen molar-refractivity contribution in [2.45, 2.75) is 38.6 Å². The first-order valence-corrected chi connectivity index (χ1v) is 13.0. The Labute approximate surface area is 191 Å². The third-order valence-electron chi connectivity index (χ3n) is 5.86. The van der Waals surface area contributed by atoms with E-state index in [0.717, 1.165) is 34.4 Å². The van der Waals surface area contributed by atoms with Gasteiger partial charge < -0.3 is 4.90 Å². The minimum absolute atomic E-state index is 0.0667. The fraction of sp³-hybridized carbons (Fsp3) is 0.391. The number of thiazole rings is 1. The first kappa shape index (κ1) is 22.7. The lowest BCUT2D eigenvalue weighted by Crippen LogP contribution is -2.50. The van der Waals surface area contributed by atoms with E-state index >= 15 is 0 Å². The number of rotatable bonds is 5. The van der Waals surface area contributed by atoms with Crippen LogP contribution in [0.5, 0.6) is 0 Å². The maximum Gasteiger partial charge on any atom is 0.308 e. The quantitative estimate of drug-likeness (QED) is 0.570. The zero-order chi connectivity index (χ0) is 23.0. The topological polar surface area (TPSA) is 79.7 Å². The van der Waals surface area contributed by atoms with Crippen molar-refractivity contribution in [3.63, 3.8) is 0 Å². The van der Waals surface area contributed by atoms with Crippen molar-refractivity contribution in [1.82, 2.24) is 13.8 Å². The number of benzene rings is 2. The average Bonchev–Trinajstić information content (AvgIpc) is 3.08. The molecule has 0 saturated carbocycles. The van der Waals surface area contributed by atoms with Crippen molar-refractivity contribution >= 4 is 37.5 Å². The molecular weight excluding hydrogens is 446 g/mol. The van der Waals surface area contributed by atoms with Gasteiger partial charge in [0.25, 0.3) is 5.91 Å². The molecular formula is C23H27N3O4S2. The van der Waals surface area contributed by atoms with Crippen LogP contribution in [0.1, 0.15) is 34.8 Å². The minimum Gasteiger partial charge on any atom is -0.336 e. The minimum atomic E-state index is -3.71. The zero-order valence-corrected chi connectivity index (χ0v) is 20.1. The van der Waals surface area contributed by atoms with Gasteiger partial charge in [0.05, 0.1) is 15.1 Å². The number of aromatic nitrogens is 1. The molecule has 7 nitrogen and oxygen atoms in total. The smallest absolute Gasteiger partial charge is 0.308 e. The molecule has 1 aliphatic heterocycles. The first-order valence-electron chi connectivity index (χ1n) is 10.7. The molecule has 0 atom stereocenters. The largest absolute Gasteiger partial charge is 0.336 e. The lowest BCUT2D eigenvalue weighted by molar-refractivity contribution is 0.0697. The summed E-state index contributed by atoms with van der Waals surface area (Å²) in [7, 11) is -3.71. The fourth-order valence-corrected chi connectivity index (χ4v) is 6.63. The number of piperazine rings is 1. The molecule has 0 bridgehead atoms. The molecule has 0 unspecified atom stereocenters. The summed E-state index contributed by atoms with van der Waals surface area (Å²) in [5.41, 5.74) is 3.45. The summed E-state index contributed by atoms with van der Waals surface area (Å²) >= 11 is 1.07. The second-order valence-corrected chi connectivity index (χ2v) is 11.1. The summed E-state index contributed by atoms with van der Waals surface area (Å²) < 4.78 is 30.2. The van der Waals surface area contributed by atoms with Crippen LogP contribution in [0.25, 0.3) is 10.2 Å². The second-order valence-electron chi connectivity index (χ2n) is 8.16. The summed E-state index contributed by atoms with van der Waals surface area (Å²) in [6.45, 7) is 7.68. The number of sulfonamides is 1. The molecule has 3 aromatic rings. The molecule has 9 heteroatoms. The number of carbonyl (C=O) groups excluding carboxylic acids is 1. The van der Waals surface area contributed by atoms with Crippen LogP contribution >= 0.6 is 11.3 Å². The molecule has 1 saturated heterocycles. The van der Waals surface area contributed by atoms with E-state index in [9.17, 15) is 18.0 Å². The Balaban J connectivity index is 1.51. The number of amides is 1. The maximum atomic E-state index is 13.2. The van der Waals surface area contributed by atoms with Crippen LogP contribution < -0.4 is 4.87 Å². The summed E-state index contributed by atoms with van der Waals surface area (Å²) in [4.78, 5) is 27.0. The van der Waals surface area contributed by atoms with Crippen molar-refractivity contribution in [2.24, 2.45) is 0 Å². The second kappa shape index (κ2) is 8.80. The van der Waals surface area contributed by atoms with E-state index in [0.29, 0.717) is 29.9 Å². The predicted octanol–water partition coefficient (Wildman–Crippen LogP) is 3.24. The molecule has 2 aromatic carbocycles. The average molecular weight is 474 g/mol. The molecule has 32 heavy (non-hydrogen) atoms. The number of aryl methyl sites for hydroxylation is 3. The van der Waals surface area contributed by atoms with Crippen LogP contribution in [-0.2, 0) is 16.6 Å². The van der Waals surface area contributed by atoms with Gasteiger partial charge in [-0.15, -0.1) is 0 Å². The highest BCUT2D eigenvalue weighted by atomic mass is 32.2. The molecule has 170 valence electrons. The van der Waals surface area contributed by atoms with E-state index in [1.54, 1.807) is 27.7 Å². The Morgan fingerprint density at radius 2 is 1.75 bits per heavy atom. The normalized spacial score (nSPS) is 15.4. The highest BCUT2D eigenvalue weighted by molar-refractivity contribution is 7.89. The van der Waals surface area contributed by atoms with Crippen molar-refractivity contribution in [3.8, 4) is 0 Å². The van der Waals surface area contributed by atoms with Crippen LogP contribution in [0.3, 0.4) is 0 Å². The van der Waals surface area contributed by atoms with E-state index in [1.807, 2.05) is 39.0 Å². The molecule has 4 rings (SSSR count). The summed E-state index contributed by atoms with van der Waals surface area (Å²) in [6, 6.07) is 10.6. The van der Waals surface area contributed by atoms with E-state index in [2.05, 4.69) is 0 Å². The Hall–Kier alpha value is -2.49. The molecule has 1 aliphatic rings. The first-order chi connectivity index (χ1) is 15.2. The molecule has 2 heterocycles. The van der Waals surface area contributed by atoms with Crippen molar-refractivity contribution < 1.29 is 13.2 Å². The lowest BCUT2D eigenvalue weighted by Gasteiger charge is -2.34. The lowest BCUT2D eigenvalue weighted by atomic mass is 10.0. The van der Waals surface area contributed by atoms with E-state index in [4.69, 9.17) is 0 Å². The van der Waals surface area contributed by atoms with Gasteiger partial charge >= 0.3 is 4.87 Å². The van der Waals surface area contributed by atoms with Gasteiger partial charge in [-0.05, 0) is 50.1 Å². The number of fused-ring (bicyclic) bond motifs is 1. The number of hydrogen-bond acceptors (Lipinski definition) is 5. The Morgan fingerprint density at radius 3 is 2.41 bits per heavy atom. The summed E-state index contributed by atoms with van der Waals surface area (Å²) in [5.74, 6) is -0.0667. The van der Waals surface area contributed by atoms with Crippen LogP contribution in [0.4, 0.5) is 0 Å². The van der Waals surface area contributed by atoms with Crippen molar-refractivity contribution in [3.05, 3.63) is 62.8 Å². The molecule has 1 amide bonds. The Kier molecular flexibility index (Phi) is 6.24. The summed E-state index contributed by atoms with van der Waals surface area (Å²) in [5, 5.41) is 0. The predicted molar refractivity (Wildman–Crippen MR) is 127 cm³/mol. The highest BCUT2D eigenvalue weighted by Crippen LogP contribution is 2.25. The Bertz CT molecular complexity index is 1330. The molecule has 0 spiro atoms. The van der Waals surface area contributed by atoms with Gasteiger partial charge in [-0.3, -0.25) is 14.2 Å². The standard InChI is InChI=1S/C23H27N3O4S2/c1-4-9-26-20-8-6-18(15-21(20)31-23(26)28)32(29,30)25-12-10-24(11-13-25)22(27)19-7-5-16(2)14-17(19)3/h5-8,14-15H,4,9-13H2,1-3H3. The van der Waals surface area contributed by atoms with Gasteiger partial charge in [0.2, 0.25) is 10.0 Å². The van der Waals surface area contributed by atoms with Gasteiger partial charge in [0.1, 0.15) is 0 Å². The number of carbonyl (C=O) groups is 1. The van der Waals surface area contributed by atoms with Gasteiger partial charge in [0, 0.05) is 38.3 Å². The third kappa shape index (κ3) is 4.12. The van der Waals surface area contributed by atoms with E-state index in [-0.39, 0.29) is 28.8 Å². The van der Waals surface area contributed by atoms with Crippen LogP contribution in [0.2, 0.25) is 0 Å². The molecule has 0 aliphatic carbocycles. The number of nitrogens with zero attached hydrogens (tertiary/aromatic N) is 3. The van der Waals surface area contributed by atoms with E-state index < -0.39 is 10.0 Å². The Morgan fingerprint density at radius 1 is 1.03 bits per heavy atom. The fourth-order valence-electron chi connectivity index (χ4n) is 4.15. The van der Waals surface area contributed by atoms with Gasteiger partial charge in [-0.1, -0.05) is 36.0 Å². The van der Waals surface area contributed by atoms with Crippen molar-refractivity contribution in [1.29, 1.82) is 0 Å². The van der Waals surface area contributed by atoms with Gasteiger partial charge in [-0.25, -0.2) is 8.42 Å². The van der Waals surface area contributed by atoms with Crippen molar-refractivity contribution in [2.75, 3.05) is 26.2 Å². The van der Waals surface area contributed by atoms with Crippen LogP contribution in [0, 0.1) is 13.8 Å². The molecule has 1 aromatic heterocycles. The zero-order valence-electron chi connectivity index (χ0n) is 18.5. The molecule has 0 N–H and O–H groups in total. The monoisotopic (exact) mass is 473 g/mol. The summed E-state index contributed by atoms with van der Waals surface area (Å²) in [6.07, 6.45) is 0.830. The third-order valence-corrected chi connectivity index (χ3v) is 8.70.